The van der Waals surface area contributed by atoms with Crippen LogP contribution in [-0.2, 0) is 47.6 Å². The van der Waals surface area contributed by atoms with Crippen LogP contribution in [0.2, 0.25) is 0 Å². The van der Waals surface area contributed by atoms with Crippen LogP contribution in [0.25, 0.3) is 0 Å². The summed E-state index contributed by atoms with van der Waals surface area (Å²) in [4.78, 5) is 4.67. The van der Waals surface area contributed by atoms with Crippen molar-refractivity contribution in [3.05, 3.63) is 121 Å². The van der Waals surface area contributed by atoms with Crippen LogP contribution in [-0.4, -0.2) is 114 Å². The number of hydrogen-bond donors (Lipinski definition) is 4. The predicted molar refractivity (Wildman–Crippen MR) is 241 cm³/mol. The Morgan fingerprint density at radius 2 is 0.800 bits per heavy atom. The molecule has 2 saturated heterocycles. The van der Waals surface area contributed by atoms with Crippen LogP contribution in [0.15, 0.2) is 121 Å². The van der Waals surface area contributed by atoms with Crippen molar-refractivity contribution in [2.24, 2.45) is 0 Å². The van der Waals surface area contributed by atoms with Gasteiger partial charge in [-0.2, -0.15) is 0 Å². The van der Waals surface area contributed by atoms with Crippen molar-refractivity contribution in [2.75, 3.05) is 40.3 Å². The van der Waals surface area contributed by atoms with Gasteiger partial charge >= 0.3 is 353 Å². The molecule has 0 saturated carbocycles. The van der Waals surface area contributed by atoms with Gasteiger partial charge < -0.3 is 0 Å². The van der Waals surface area contributed by atoms with E-state index in [9.17, 15) is 0 Å². The van der Waals surface area contributed by atoms with Crippen LogP contribution < -0.4 is 42.2 Å². The molecule has 4 aromatic carbocycles. The molecule has 8 nitrogen and oxygen atoms in total. The van der Waals surface area contributed by atoms with E-state index in [2.05, 4.69) is 220 Å². The van der Waals surface area contributed by atoms with Gasteiger partial charge in [0.25, 0.3) is 0 Å². The number of rotatable bonds is 16. The molecule has 0 amide bonds. The maximum Gasteiger partial charge on any atom is 0 e. The molecule has 6 rings (SSSR count). The van der Waals surface area contributed by atoms with Gasteiger partial charge in [0.2, 0.25) is 0 Å². The fraction of sp³-hybridized carbons (Fsp3) is 0.400. The molecular weight excluding hydrogens is 1070 g/mol. The van der Waals surface area contributed by atoms with Crippen LogP contribution in [0, 0.1) is 0 Å². The topological polar surface area (TPSA) is 61.1 Å². The summed E-state index contributed by atoms with van der Waals surface area (Å²) in [6, 6.07) is 43.0. The van der Waals surface area contributed by atoms with Gasteiger partial charge in [-0.3, -0.25) is 0 Å². The minimum Gasteiger partial charge on any atom is 0 e. The third kappa shape index (κ3) is 12.9. The zero-order valence-electron chi connectivity index (χ0n) is 32.1. The van der Waals surface area contributed by atoms with Crippen molar-refractivity contribution in [1.29, 1.82) is 0 Å². The minimum absolute atomic E-state index is 0. The fourth-order valence-corrected chi connectivity index (χ4v) is 16.4. The second kappa shape index (κ2) is 23.6. The van der Waals surface area contributed by atoms with Gasteiger partial charge in [0.05, 0.1) is 0 Å². The Hall–Kier alpha value is -0.101. The van der Waals surface area contributed by atoms with Crippen molar-refractivity contribution in [3.8, 4) is 0 Å². The summed E-state index contributed by atoms with van der Waals surface area (Å²) in [5.41, 5.74) is 3.16. The second-order valence-corrected chi connectivity index (χ2v) is 26.6. The summed E-state index contributed by atoms with van der Waals surface area (Å²) in [5.74, 6) is 0. The van der Waals surface area contributed by atoms with E-state index in [4.69, 9.17) is 25.3 Å². The first kappa shape index (κ1) is 47.6. The third-order valence-corrected chi connectivity index (χ3v) is 23.3. The fourth-order valence-electron chi connectivity index (χ4n) is 6.68. The van der Waals surface area contributed by atoms with E-state index >= 15 is 0 Å². The maximum atomic E-state index is 5.50. The molecule has 4 atom stereocenters. The normalized spacial score (nSPS) is 21.2. The van der Waals surface area contributed by atoms with E-state index in [1.54, 1.807) is 0 Å². The largest absolute Gasteiger partial charge is 0 e. The molecule has 303 valence electrons. The van der Waals surface area contributed by atoms with Gasteiger partial charge in [0.15, 0.2) is 0 Å². The predicted octanol–water partition coefficient (Wildman–Crippen LogP) is 3.90. The molecule has 4 unspecified atom stereocenters. The van der Waals surface area contributed by atoms with Gasteiger partial charge in [-0.05, 0) is 0 Å². The Kier molecular flexibility index (Phi) is 20.4. The molecule has 0 aromatic heterocycles. The molecule has 4 N–H and O–H groups in total. The molecule has 2 aliphatic rings. The van der Waals surface area contributed by atoms with Crippen molar-refractivity contribution in [1.82, 2.24) is 40.8 Å². The molecule has 0 bridgehead atoms. The number of hydrogen-bond acceptors (Lipinski definition) is 10. The Labute approximate surface area is 372 Å². The average molecular weight is 1130 g/mol. The smallest absolute Gasteiger partial charge is 0 e. The number of nitrogens with one attached hydrogen (secondary N) is 4. The number of hydrazine groups is 2. The van der Waals surface area contributed by atoms with Crippen molar-refractivity contribution >= 4 is 88.0 Å². The van der Waals surface area contributed by atoms with E-state index in [1.165, 1.54) is 21.2 Å². The molecule has 0 aliphatic carbocycles. The Morgan fingerprint density at radius 1 is 0.527 bits per heavy atom. The number of nitrogens with zero attached hydrogens (tertiary/aromatic N) is 4. The molecule has 2 aliphatic heterocycles. The van der Waals surface area contributed by atoms with E-state index in [0.29, 0.717) is 12.3 Å². The van der Waals surface area contributed by atoms with Gasteiger partial charge in [-0.1, -0.05) is 0 Å². The Bertz CT molecular complexity index is 1570. The van der Waals surface area contributed by atoms with Gasteiger partial charge in [0.1, 0.15) is 0 Å². The van der Waals surface area contributed by atoms with E-state index < -0.39 is 11.3 Å². The molecule has 55 heavy (non-hydrogen) atoms. The molecule has 4 aromatic rings. The quantitative estimate of drug-likeness (QED) is 0.0577. The van der Waals surface area contributed by atoms with Gasteiger partial charge in [0, 0.05) is 22.4 Å². The first-order valence-electron chi connectivity index (χ1n) is 18.8. The average Bonchev–Trinajstić information content (AvgIpc) is 3.60. The van der Waals surface area contributed by atoms with Crippen LogP contribution >= 0.6 is 11.3 Å². The molecule has 2 heterocycles. The van der Waals surface area contributed by atoms with E-state index in [0.717, 1.165) is 51.9 Å². The summed E-state index contributed by atoms with van der Waals surface area (Å²) in [5, 5.41) is 17.3. The van der Waals surface area contributed by atoms with Crippen LogP contribution in [0.1, 0.15) is 39.5 Å². The minimum atomic E-state index is -1.70. The Morgan fingerprint density at radius 3 is 1.04 bits per heavy atom. The zero-order valence-corrected chi connectivity index (χ0v) is 41.1. The molecule has 0 spiro atoms. The van der Waals surface area contributed by atoms with Crippen molar-refractivity contribution in [3.63, 3.8) is 0 Å². The molecule has 1 radical (unpaired) electrons. The van der Waals surface area contributed by atoms with Crippen LogP contribution in [0.5, 0.6) is 0 Å². The summed E-state index contributed by atoms with van der Waals surface area (Å²) in [6.07, 6.45) is 5.20. The van der Waals surface area contributed by atoms with Crippen LogP contribution in [0.4, 0.5) is 0 Å². The van der Waals surface area contributed by atoms with Gasteiger partial charge in [-0.15, -0.1) is 0 Å². The third-order valence-electron chi connectivity index (χ3n) is 10.1. The maximum absolute atomic E-state index is 5.50. The van der Waals surface area contributed by atoms with Gasteiger partial charge in [-0.25, -0.2) is 0 Å². The molecule has 15 heteroatoms. The molecular formula is C40H56AuN8P2S2Se2-2. The molecule has 2 fully saturated rings. The zero-order chi connectivity index (χ0) is 38.6. The van der Waals surface area contributed by atoms with Crippen LogP contribution in [0.3, 0.4) is 0 Å². The summed E-state index contributed by atoms with van der Waals surface area (Å²) >= 11 is 18.1. The SMILES string of the molecule is CC1N(C)NC([S-])N1CCCCNP(=[Se])(c1ccccc1)c1ccccc1.CC1N(C)NC([S-])N1CCCCNP(=[Se])(c1ccccc1)c1ccccc1.[Au]. The first-order chi connectivity index (χ1) is 26.0. The standard InChI is InChI=1S/2C20H29N4PSSe.Au/c2*1-17-23(2)22-20(26)24(17)16-10-9-15-21-25(27,18-11-5-3-6-12-18)19-13-7-4-8-14-19;/h2*3-8,11-14,17,20,22,26H,9-10,15-16H2,1-2H3,(H,21,27);/p-2. The number of benzene rings is 4. The summed E-state index contributed by atoms with van der Waals surface area (Å²) in [7, 11) is 4.11. The van der Waals surface area contributed by atoms with Crippen molar-refractivity contribution in [2.45, 2.75) is 62.9 Å². The van der Waals surface area contributed by atoms with E-state index in [-0.39, 0.29) is 33.4 Å². The van der Waals surface area contributed by atoms with E-state index in [1.807, 2.05) is 0 Å². The second-order valence-electron chi connectivity index (χ2n) is 13.7. The number of unbranched alkanes of at least 4 members (excludes halogenated alkanes) is 2. The Balaban J connectivity index is 0.000000240. The van der Waals surface area contributed by atoms with Crippen molar-refractivity contribution < 1.29 is 22.4 Å². The first-order valence-corrected chi connectivity index (χ1v) is 27.7. The summed E-state index contributed by atoms with van der Waals surface area (Å²) < 4.78 is 0. The monoisotopic (exact) mass is 1130 g/mol. The summed E-state index contributed by atoms with van der Waals surface area (Å²) in [6.45, 7) is 8.39.